The van der Waals surface area contributed by atoms with Crippen LogP contribution in [-0.4, -0.2) is 84.3 Å². The highest BCUT2D eigenvalue weighted by atomic mass is 79.9. The van der Waals surface area contributed by atoms with Gasteiger partial charge in [-0.25, -0.2) is 0 Å². The fraction of sp³-hybridized carbons (Fsp3) is 0.152. The highest BCUT2D eigenvalue weighted by Crippen LogP contribution is 2.39. The molecule has 11 aromatic carbocycles. The van der Waals surface area contributed by atoms with Crippen molar-refractivity contribution in [1.82, 2.24) is 22.8 Å². The van der Waals surface area contributed by atoms with Crippen LogP contribution in [0.1, 0.15) is 68.6 Å². The van der Waals surface area contributed by atoms with Crippen molar-refractivity contribution >= 4 is 255 Å². The summed E-state index contributed by atoms with van der Waals surface area (Å²) in [7, 11) is 0. The molecule has 1 fully saturated rings. The third kappa shape index (κ3) is 18.1. The zero-order chi connectivity index (χ0) is 88.3. The molecule has 1 saturated carbocycles. The minimum Gasteiger partial charge on any atom is -0.480 e. The van der Waals surface area contributed by atoms with Gasteiger partial charge in [-0.1, -0.05) is 146 Å². The Bertz CT molecular complexity index is 7560. The average molecular weight is 1990 g/mol. The maximum atomic E-state index is 13.3. The molecule has 6 N–H and O–H groups in total. The Balaban J connectivity index is 0.000000133. The molecule has 0 aliphatic heterocycles. The van der Waals surface area contributed by atoms with Crippen molar-refractivity contribution in [3.8, 4) is 23.3 Å². The maximum absolute atomic E-state index is 13.3. The van der Waals surface area contributed by atoms with Gasteiger partial charge in [-0.05, 0) is 227 Å². The zero-order valence-corrected chi connectivity index (χ0v) is 74.0. The SMILES string of the molecule is CC(C)c1ccc(-c2ccc3c(c2)c(=O)c2ccc(Cl)c(Br)c2n3CC(=O)O)cc1.N#Cc1c(Cl)ccc2c(=O)c3ccccc3n(CC(=O)O)c12.N#Cc1ccc2c(=O)c3ccccc3n(CC(=O)O)c2c1Cl.O=C(O)Cn1c2cc(NC3CCCCC3)ccc2c(=O)c2ccc(Cl)c(Br)c21.O=C(O)Cn1c2ccccc2c(=O)c2ccc(Br)c(Br)c21. The highest BCUT2D eigenvalue weighted by Gasteiger charge is 2.25. The molecule has 0 amide bonds. The van der Waals surface area contributed by atoms with E-state index in [-0.39, 0.29) is 97.5 Å². The molecule has 0 atom stereocenters. The molecule has 0 bridgehead atoms. The van der Waals surface area contributed by atoms with Gasteiger partial charge in [-0.3, -0.25) is 47.9 Å². The lowest BCUT2D eigenvalue weighted by atomic mass is 9.95. The van der Waals surface area contributed by atoms with Crippen LogP contribution in [0, 0.1) is 22.7 Å². The number of carbonyl (C=O) groups is 5. The first kappa shape index (κ1) is 88.8. The number of hydrogen-bond acceptors (Lipinski definition) is 13. The number of nitrogens with one attached hydrogen (secondary N) is 1. The monoisotopic (exact) mass is 1980 g/mol. The number of aliphatic carboxylic acids is 5. The van der Waals surface area contributed by atoms with Gasteiger partial charge < -0.3 is 53.7 Å². The minimum absolute atomic E-state index is 0.0871. The lowest BCUT2D eigenvalue weighted by Gasteiger charge is -2.24. The van der Waals surface area contributed by atoms with Gasteiger partial charge in [-0.2, -0.15) is 10.5 Å². The molecule has 5 aromatic heterocycles. The van der Waals surface area contributed by atoms with E-state index in [1.165, 1.54) is 58.2 Å². The van der Waals surface area contributed by atoms with Gasteiger partial charge in [0.25, 0.3) is 0 Å². The summed E-state index contributed by atoms with van der Waals surface area (Å²) in [6, 6.07) is 60.2. The lowest BCUT2D eigenvalue weighted by molar-refractivity contribution is -0.138. The van der Waals surface area contributed by atoms with Crippen LogP contribution in [0.4, 0.5) is 5.69 Å². The molecule has 23 nitrogen and oxygen atoms in total. The van der Waals surface area contributed by atoms with Crippen molar-refractivity contribution in [3.05, 3.63) is 300 Å². The summed E-state index contributed by atoms with van der Waals surface area (Å²) < 4.78 is 10.3. The number of nitriles is 2. The molecular weight excluding hydrogens is 1920 g/mol. The van der Waals surface area contributed by atoms with Crippen molar-refractivity contribution in [2.24, 2.45) is 0 Å². The Labute approximate surface area is 750 Å². The number of anilines is 1. The van der Waals surface area contributed by atoms with Gasteiger partial charge in [0.1, 0.15) is 44.9 Å². The van der Waals surface area contributed by atoms with E-state index in [0.717, 1.165) is 34.1 Å². The van der Waals surface area contributed by atoms with Crippen LogP contribution >= 0.6 is 110 Å². The predicted octanol–water partition coefficient (Wildman–Crippen LogP) is 21.1. The molecule has 0 radical (unpaired) electrons. The number of pyridine rings is 5. The van der Waals surface area contributed by atoms with E-state index in [9.17, 15) is 73.6 Å². The zero-order valence-electron chi connectivity index (χ0n) is 64.7. The van der Waals surface area contributed by atoms with Crippen LogP contribution in [0.5, 0.6) is 0 Å². The number of fused-ring (bicyclic) bond motifs is 10. The van der Waals surface area contributed by atoms with Gasteiger partial charge >= 0.3 is 29.8 Å². The first-order valence-corrected chi connectivity index (χ1v) is 42.5. The molecule has 5 heterocycles. The van der Waals surface area contributed by atoms with E-state index in [1.54, 1.807) is 135 Å². The number of hydrogen-bond donors (Lipinski definition) is 6. The molecule has 1 aliphatic rings. The van der Waals surface area contributed by atoms with Crippen LogP contribution in [0.2, 0.25) is 20.1 Å². The van der Waals surface area contributed by atoms with E-state index in [2.05, 4.69) is 95.0 Å². The number of carboxylic acids is 5. The van der Waals surface area contributed by atoms with Crippen LogP contribution in [0.15, 0.2) is 236 Å². The van der Waals surface area contributed by atoms with Crippen LogP contribution < -0.4 is 32.5 Å². The Morgan fingerprint density at radius 1 is 0.390 bits per heavy atom. The third-order valence-corrected chi connectivity index (χ3v) is 26.4. The minimum atomic E-state index is -1.07. The average Bonchev–Trinajstić information content (AvgIpc) is 0.741. The lowest BCUT2D eigenvalue weighted by Crippen LogP contribution is -2.22. The largest absolute Gasteiger partial charge is 0.480 e. The van der Waals surface area contributed by atoms with Gasteiger partial charge in [0.2, 0.25) is 0 Å². The Hall–Kier alpha value is -12.0. The van der Waals surface area contributed by atoms with Crippen LogP contribution in [0.3, 0.4) is 0 Å². The molecule has 0 unspecified atom stereocenters. The summed E-state index contributed by atoms with van der Waals surface area (Å²) in [6.45, 7) is 2.80. The highest BCUT2D eigenvalue weighted by molar-refractivity contribution is 9.13. The van der Waals surface area contributed by atoms with E-state index >= 15 is 0 Å². The summed E-state index contributed by atoms with van der Waals surface area (Å²) in [5.41, 5.74) is 8.25. The second kappa shape index (κ2) is 37.8. The normalized spacial score (nSPS) is 12.0. The molecule has 31 heteroatoms. The number of rotatable bonds is 14. The standard InChI is InChI=1S/C24H19BrClNO3.C21H20BrClN2O3.2C16H9ClN2O3.C15H9Br2NO3/c1-13(2)14-3-5-15(6-4-14)16-7-10-20-18(11-16)24(30)17-8-9-19(26)22(25)23(17)27(20)12-21(28)29;22-19-16(23)9-8-15-20(19)25(11-18(26)27)17-10-13(6-7-14(17)21(15)28)24-12-4-2-1-3-5-12;17-14-9(7-18)5-6-11-15(14)19(8-13(20)21)12-4-2-1-3-10(12)16(11)22;17-12-6-5-10-15(11(12)7-18)19(8-14(20)21)13-4-2-1-3-9(13)16(10)22;16-10-6-5-9-14(13(10)17)18(7-12(19)20)11-4-2-1-3-8(11)15(9)21/h3-11,13H,12H2,1-2H3,(H,28,29);6-10,12,24H,1-5,11H2,(H,26,27);2*1-6H,8H2,(H,20,21);1-6H,7H2,(H,19,20). The van der Waals surface area contributed by atoms with E-state index in [1.807, 2.05) is 48.5 Å². The Morgan fingerprint density at radius 2 is 0.756 bits per heavy atom. The molecule has 16 aromatic rings. The number of carboxylic acid groups (broad SMARTS) is 5. The van der Waals surface area contributed by atoms with Crippen LogP contribution in [-0.2, 0) is 56.7 Å². The molecule has 0 spiro atoms. The summed E-state index contributed by atoms with van der Waals surface area (Å²) in [6.07, 6.45) is 5.95. The summed E-state index contributed by atoms with van der Waals surface area (Å²) in [5, 5.41) is 73.8. The quantitative estimate of drug-likeness (QED) is 0.0551. The maximum Gasteiger partial charge on any atom is 0.323 e. The fourth-order valence-corrected chi connectivity index (χ4v) is 18.2. The van der Waals surface area contributed by atoms with E-state index in [0.29, 0.717) is 128 Å². The summed E-state index contributed by atoms with van der Waals surface area (Å²) >= 11 is 38.4. The molecule has 0 saturated heterocycles. The fourth-order valence-electron chi connectivity index (χ4n) is 15.4. The van der Waals surface area contributed by atoms with E-state index in [4.69, 9.17) is 56.8 Å². The molecule has 620 valence electrons. The van der Waals surface area contributed by atoms with Crippen molar-refractivity contribution < 1.29 is 49.5 Å². The summed E-state index contributed by atoms with van der Waals surface area (Å²) in [5.74, 6) is -4.63. The smallest absolute Gasteiger partial charge is 0.323 e. The number of para-hydroxylation sites is 3. The number of nitrogens with zero attached hydrogens (tertiary/aromatic N) is 7. The topological polar surface area (TPSA) is 356 Å². The number of aromatic nitrogens is 5. The van der Waals surface area contributed by atoms with Gasteiger partial charge in [0.05, 0.1) is 99.8 Å². The molecule has 1 aliphatic carbocycles. The van der Waals surface area contributed by atoms with Crippen LogP contribution in [0.25, 0.3) is 120 Å². The van der Waals surface area contributed by atoms with Crippen molar-refractivity contribution in [2.75, 3.05) is 5.32 Å². The molecule has 123 heavy (non-hydrogen) atoms. The van der Waals surface area contributed by atoms with Crippen molar-refractivity contribution in [2.45, 2.75) is 90.6 Å². The molecule has 17 rings (SSSR count). The Morgan fingerprint density at radius 3 is 1.21 bits per heavy atom. The third-order valence-electron chi connectivity index (χ3n) is 21.0. The van der Waals surface area contributed by atoms with Gasteiger partial charge in [0.15, 0.2) is 27.1 Å². The summed E-state index contributed by atoms with van der Waals surface area (Å²) in [4.78, 5) is 121. The Kier molecular flexibility index (Phi) is 27.3. The second-order valence-electron chi connectivity index (χ2n) is 29.0. The number of benzene rings is 11. The van der Waals surface area contributed by atoms with Gasteiger partial charge in [0, 0.05) is 70.1 Å². The molecular formula is C92H66Br4Cl4N8O15. The second-order valence-corrected chi connectivity index (χ2v) is 33.8. The van der Waals surface area contributed by atoms with E-state index < -0.39 is 29.8 Å². The van der Waals surface area contributed by atoms with Crippen molar-refractivity contribution in [3.63, 3.8) is 0 Å². The first-order chi connectivity index (χ1) is 58.8. The van der Waals surface area contributed by atoms with Gasteiger partial charge in [-0.15, -0.1) is 0 Å². The van der Waals surface area contributed by atoms with Crippen molar-refractivity contribution in [1.29, 1.82) is 10.5 Å². The predicted molar refractivity (Wildman–Crippen MR) is 497 cm³/mol. The number of halogens is 8. The first-order valence-electron chi connectivity index (χ1n) is 37.8.